The van der Waals surface area contributed by atoms with Crippen LogP contribution in [-0.4, -0.2) is 24.9 Å². The summed E-state index contributed by atoms with van der Waals surface area (Å²) >= 11 is 0. The molecule has 0 spiro atoms. The quantitative estimate of drug-likeness (QED) is 0.847. The minimum absolute atomic E-state index is 0.0611. The molecule has 0 atom stereocenters. The molecule has 0 bridgehead atoms. The third-order valence-corrected chi connectivity index (χ3v) is 2.20. The molecule has 0 saturated carbocycles. The summed E-state index contributed by atoms with van der Waals surface area (Å²) in [6.45, 7) is 4.03. The fourth-order valence-corrected chi connectivity index (χ4v) is 1.52. The van der Waals surface area contributed by atoms with Crippen LogP contribution in [0.2, 0.25) is 0 Å². The maximum atomic E-state index is 12.1. The van der Waals surface area contributed by atoms with Crippen LogP contribution in [0, 0.1) is 0 Å². The van der Waals surface area contributed by atoms with Crippen molar-refractivity contribution in [3.05, 3.63) is 24.3 Å². The van der Waals surface area contributed by atoms with E-state index in [0.29, 0.717) is 12.2 Å². The van der Waals surface area contributed by atoms with Gasteiger partial charge in [-0.3, -0.25) is 4.79 Å². The molecule has 0 heterocycles. The van der Waals surface area contributed by atoms with Gasteiger partial charge in [0.2, 0.25) is 5.91 Å². The van der Waals surface area contributed by atoms with E-state index in [2.05, 4.69) is 15.4 Å². The number of hydrogen-bond acceptors (Lipinski definition) is 3. The average molecular weight is 290 g/mol. The number of ether oxygens (including phenoxy) is 1. The molecule has 20 heavy (non-hydrogen) atoms. The summed E-state index contributed by atoms with van der Waals surface area (Å²) in [5.74, 6) is -0.413. The van der Waals surface area contributed by atoms with Crippen LogP contribution in [0.15, 0.2) is 24.3 Å². The predicted octanol–water partition coefficient (Wildman–Crippen LogP) is 2.91. The predicted molar refractivity (Wildman–Crippen MR) is 69.5 cm³/mol. The summed E-state index contributed by atoms with van der Waals surface area (Å²) in [7, 11) is 0. The van der Waals surface area contributed by atoms with Crippen molar-refractivity contribution in [2.24, 2.45) is 0 Å². The second kappa shape index (κ2) is 7.02. The summed E-state index contributed by atoms with van der Waals surface area (Å²) in [4.78, 5) is 11.4. The van der Waals surface area contributed by atoms with Gasteiger partial charge in [0.25, 0.3) is 0 Å². The van der Waals surface area contributed by atoms with Gasteiger partial charge in [0.05, 0.1) is 0 Å². The molecule has 7 heteroatoms. The molecule has 4 nitrogen and oxygen atoms in total. The van der Waals surface area contributed by atoms with Crippen LogP contribution in [0.25, 0.3) is 0 Å². The first-order chi connectivity index (χ1) is 9.26. The van der Waals surface area contributed by atoms with E-state index in [1.54, 1.807) is 6.07 Å². The van der Waals surface area contributed by atoms with Gasteiger partial charge in [-0.15, -0.1) is 13.2 Å². The van der Waals surface area contributed by atoms with Crippen molar-refractivity contribution in [3.63, 3.8) is 0 Å². The van der Waals surface area contributed by atoms with Crippen LogP contribution in [0.4, 0.5) is 18.9 Å². The molecule has 0 saturated heterocycles. The minimum atomic E-state index is -4.71. The van der Waals surface area contributed by atoms with E-state index in [-0.39, 0.29) is 24.1 Å². The van der Waals surface area contributed by atoms with Crippen molar-refractivity contribution >= 4 is 11.6 Å². The van der Waals surface area contributed by atoms with Crippen LogP contribution >= 0.6 is 0 Å². The fraction of sp³-hybridized carbons (Fsp3) is 0.462. The molecular formula is C13H17F3N2O2. The molecule has 112 valence electrons. The SMILES string of the molecule is CC(C)NC(=O)CCNc1cccc(OC(F)(F)F)c1. The van der Waals surface area contributed by atoms with Crippen molar-refractivity contribution in [3.8, 4) is 5.75 Å². The Hall–Kier alpha value is -1.92. The van der Waals surface area contributed by atoms with Crippen LogP contribution < -0.4 is 15.4 Å². The zero-order valence-electron chi connectivity index (χ0n) is 11.3. The van der Waals surface area contributed by atoms with Gasteiger partial charge in [0.15, 0.2) is 0 Å². The number of alkyl halides is 3. The molecule has 0 aliphatic heterocycles. The molecule has 0 aliphatic carbocycles. The average Bonchev–Trinajstić information content (AvgIpc) is 2.25. The summed E-state index contributed by atoms with van der Waals surface area (Å²) in [5, 5.41) is 5.59. The summed E-state index contributed by atoms with van der Waals surface area (Å²) in [5.41, 5.74) is 0.462. The standard InChI is InChI=1S/C13H17F3N2O2/c1-9(2)18-12(19)6-7-17-10-4-3-5-11(8-10)20-13(14,15)16/h3-5,8-9,17H,6-7H2,1-2H3,(H,18,19). The number of rotatable bonds is 6. The lowest BCUT2D eigenvalue weighted by atomic mass is 10.3. The number of hydrogen-bond donors (Lipinski definition) is 2. The number of anilines is 1. The first kappa shape index (κ1) is 16.1. The summed E-state index contributed by atoms with van der Waals surface area (Å²) in [6, 6.07) is 5.55. The van der Waals surface area contributed by atoms with Crippen molar-refractivity contribution in [2.75, 3.05) is 11.9 Å². The summed E-state index contributed by atoms with van der Waals surface area (Å²) < 4.78 is 40.0. The third kappa shape index (κ3) is 6.86. The highest BCUT2D eigenvalue weighted by Crippen LogP contribution is 2.24. The lowest BCUT2D eigenvalue weighted by Gasteiger charge is -2.12. The van der Waals surface area contributed by atoms with Crippen LogP contribution in [0.1, 0.15) is 20.3 Å². The zero-order chi connectivity index (χ0) is 15.2. The number of halogens is 3. The van der Waals surface area contributed by atoms with Crippen molar-refractivity contribution < 1.29 is 22.7 Å². The Balaban J connectivity index is 2.45. The highest BCUT2D eigenvalue weighted by molar-refractivity contribution is 5.76. The van der Waals surface area contributed by atoms with Gasteiger partial charge < -0.3 is 15.4 Å². The van der Waals surface area contributed by atoms with E-state index in [9.17, 15) is 18.0 Å². The van der Waals surface area contributed by atoms with E-state index in [1.807, 2.05) is 13.8 Å². The lowest BCUT2D eigenvalue weighted by Crippen LogP contribution is -2.31. The smallest absolute Gasteiger partial charge is 0.406 e. The lowest BCUT2D eigenvalue weighted by molar-refractivity contribution is -0.274. The second-order valence-electron chi connectivity index (χ2n) is 4.47. The number of carbonyl (C=O) groups excluding carboxylic acids is 1. The van der Waals surface area contributed by atoms with Crippen molar-refractivity contribution in [2.45, 2.75) is 32.7 Å². The fourth-order valence-electron chi connectivity index (χ4n) is 1.52. The van der Waals surface area contributed by atoms with Crippen LogP contribution in [-0.2, 0) is 4.79 Å². The van der Waals surface area contributed by atoms with Gasteiger partial charge in [-0.05, 0) is 26.0 Å². The van der Waals surface area contributed by atoms with Crippen molar-refractivity contribution in [1.29, 1.82) is 0 Å². The molecule has 0 aliphatic rings. The monoisotopic (exact) mass is 290 g/mol. The first-order valence-corrected chi connectivity index (χ1v) is 6.15. The molecule has 0 unspecified atom stereocenters. The first-order valence-electron chi connectivity index (χ1n) is 6.15. The third-order valence-electron chi connectivity index (χ3n) is 2.20. The zero-order valence-corrected chi connectivity index (χ0v) is 11.3. The van der Waals surface area contributed by atoms with Crippen LogP contribution in [0.5, 0.6) is 5.75 Å². The molecule has 0 aromatic heterocycles. The van der Waals surface area contributed by atoms with E-state index in [0.717, 1.165) is 0 Å². The Bertz CT molecular complexity index is 447. The normalized spacial score (nSPS) is 11.3. The molecule has 0 radical (unpaired) electrons. The molecule has 2 N–H and O–H groups in total. The molecular weight excluding hydrogens is 273 g/mol. The van der Waals surface area contributed by atoms with Gasteiger partial charge >= 0.3 is 6.36 Å². The molecule has 1 aromatic rings. The number of carbonyl (C=O) groups is 1. The number of nitrogens with one attached hydrogen (secondary N) is 2. The Morgan fingerprint density at radius 1 is 1.35 bits per heavy atom. The van der Waals surface area contributed by atoms with E-state index in [4.69, 9.17) is 0 Å². The Kier molecular flexibility index (Phi) is 5.66. The van der Waals surface area contributed by atoms with Gasteiger partial charge in [-0.1, -0.05) is 6.07 Å². The van der Waals surface area contributed by atoms with Crippen LogP contribution in [0.3, 0.4) is 0 Å². The Labute approximate surface area is 115 Å². The number of benzene rings is 1. The maximum absolute atomic E-state index is 12.1. The van der Waals surface area contributed by atoms with Gasteiger partial charge in [-0.25, -0.2) is 0 Å². The Morgan fingerprint density at radius 2 is 2.05 bits per heavy atom. The number of amides is 1. The minimum Gasteiger partial charge on any atom is -0.406 e. The molecule has 1 aromatic carbocycles. The van der Waals surface area contributed by atoms with E-state index < -0.39 is 6.36 Å². The highest BCUT2D eigenvalue weighted by Gasteiger charge is 2.31. The molecule has 1 rings (SSSR count). The van der Waals surface area contributed by atoms with Gasteiger partial charge in [0, 0.05) is 30.8 Å². The molecule has 1 amide bonds. The second-order valence-corrected chi connectivity index (χ2v) is 4.47. The van der Waals surface area contributed by atoms with Gasteiger partial charge in [0.1, 0.15) is 5.75 Å². The van der Waals surface area contributed by atoms with E-state index >= 15 is 0 Å². The summed E-state index contributed by atoms with van der Waals surface area (Å²) in [6.07, 6.45) is -4.47. The van der Waals surface area contributed by atoms with Crippen molar-refractivity contribution in [1.82, 2.24) is 5.32 Å². The largest absolute Gasteiger partial charge is 0.573 e. The maximum Gasteiger partial charge on any atom is 0.573 e. The molecule has 0 fully saturated rings. The Morgan fingerprint density at radius 3 is 2.65 bits per heavy atom. The topological polar surface area (TPSA) is 50.4 Å². The van der Waals surface area contributed by atoms with Gasteiger partial charge in [-0.2, -0.15) is 0 Å². The highest BCUT2D eigenvalue weighted by atomic mass is 19.4. The van der Waals surface area contributed by atoms with E-state index in [1.165, 1.54) is 18.2 Å².